The number of hydrogen-bond acceptors (Lipinski definition) is 5. The number of methoxy groups -OCH3 is 1. The molecule has 0 radical (unpaired) electrons. The van der Waals surface area contributed by atoms with Crippen LogP contribution in [0.1, 0.15) is 65.0 Å². The number of hydrogen-bond donors (Lipinski definition) is 1. The number of likely N-dealkylation sites (tertiary alicyclic amines) is 1. The molecule has 1 N–H and O–H groups in total. The summed E-state index contributed by atoms with van der Waals surface area (Å²) in [5.41, 5.74) is 4.54. The molecule has 32 heavy (non-hydrogen) atoms. The number of ether oxygens (including phenoxy) is 1. The summed E-state index contributed by atoms with van der Waals surface area (Å²) in [6.45, 7) is 4.62. The molecule has 0 bridgehead atoms. The van der Waals surface area contributed by atoms with Gasteiger partial charge < -0.3 is 10.1 Å². The zero-order valence-corrected chi connectivity index (χ0v) is 19.1. The van der Waals surface area contributed by atoms with Gasteiger partial charge in [-0.2, -0.15) is 5.10 Å². The number of rotatable bonds is 7. The van der Waals surface area contributed by atoms with Gasteiger partial charge in [-0.3, -0.25) is 14.4 Å². The molecule has 2 aromatic heterocycles. The number of amides is 1. The van der Waals surface area contributed by atoms with Crippen molar-refractivity contribution in [2.24, 2.45) is 7.05 Å². The number of pyridine rings is 1. The molecule has 168 valence electrons. The Morgan fingerprint density at radius 3 is 2.59 bits per heavy atom. The van der Waals surface area contributed by atoms with Crippen molar-refractivity contribution >= 4 is 16.9 Å². The first-order valence-corrected chi connectivity index (χ1v) is 11.6. The lowest BCUT2D eigenvalue weighted by Crippen LogP contribution is -2.37. The van der Waals surface area contributed by atoms with Crippen LogP contribution in [0.15, 0.2) is 30.3 Å². The number of benzene rings is 1. The second-order valence-electron chi connectivity index (χ2n) is 9.02. The molecule has 1 saturated carbocycles. The lowest BCUT2D eigenvalue weighted by Gasteiger charge is -2.28. The molecule has 1 atom stereocenters. The molecule has 3 heterocycles. The number of aromatic nitrogens is 3. The van der Waals surface area contributed by atoms with E-state index in [9.17, 15) is 4.79 Å². The van der Waals surface area contributed by atoms with Gasteiger partial charge in [-0.1, -0.05) is 12.1 Å². The van der Waals surface area contributed by atoms with E-state index in [1.54, 1.807) is 11.8 Å². The Labute approximate surface area is 188 Å². The summed E-state index contributed by atoms with van der Waals surface area (Å²) in [5.74, 6) is 1.27. The van der Waals surface area contributed by atoms with Crippen LogP contribution in [0.2, 0.25) is 0 Å². The van der Waals surface area contributed by atoms with E-state index < -0.39 is 0 Å². The minimum absolute atomic E-state index is 0.0480. The number of nitrogens with zero attached hydrogens (tertiary/aromatic N) is 4. The second kappa shape index (κ2) is 8.54. The molecule has 0 spiro atoms. The fourth-order valence-electron chi connectivity index (χ4n) is 4.85. The van der Waals surface area contributed by atoms with Crippen molar-refractivity contribution < 1.29 is 9.53 Å². The van der Waals surface area contributed by atoms with Gasteiger partial charge in [-0.25, -0.2) is 4.98 Å². The van der Waals surface area contributed by atoms with Gasteiger partial charge in [0.2, 0.25) is 0 Å². The van der Waals surface area contributed by atoms with Crippen LogP contribution in [-0.2, 0) is 7.05 Å². The lowest BCUT2D eigenvalue weighted by atomic mass is 10.0. The van der Waals surface area contributed by atoms with Gasteiger partial charge in [-0.15, -0.1) is 0 Å². The molecule has 7 nitrogen and oxygen atoms in total. The van der Waals surface area contributed by atoms with Crippen molar-refractivity contribution in [2.75, 3.05) is 26.7 Å². The third kappa shape index (κ3) is 3.97. The van der Waals surface area contributed by atoms with Gasteiger partial charge in [-0.05, 0) is 69.5 Å². The summed E-state index contributed by atoms with van der Waals surface area (Å²) in [4.78, 5) is 20.7. The largest absolute Gasteiger partial charge is 0.497 e. The van der Waals surface area contributed by atoms with Crippen LogP contribution in [-0.4, -0.2) is 52.3 Å². The summed E-state index contributed by atoms with van der Waals surface area (Å²) < 4.78 is 7.11. The standard InChI is InChI=1S/C25H31N5O2/c1-16-23-20(14-21(17-6-7-17)27-24(23)29(2)28-16)25(31)26-15-22(30-12-4-5-13-30)18-8-10-19(32-3)11-9-18/h8-11,14,17,22H,4-7,12-13,15H2,1-3H3,(H,26,31). The molecular weight excluding hydrogens is 402 g/mol. The highest BCUT2D eigenvalue weighted by molar-refractivity contribution is 6.06. The molecule has 3 aromatic rings. The number of carbonyl (C=O) groups is 1. The quantitative estimate of drug-likeness (QED) is 0.615. The summed E-state index contributed by atoms with van der Waals surface area (Å²) >= 11 is 0. The van der Waals surface area contributed by atoms with E-state index in [4.69, 9.17) is 9.72 Å². The zero-order chi connectivity index (χ0) is 22.2. The normalized spacial score (nSPS) is 17.6. The molecule has 2 fully saturated rings. The van der Waals surface area contributed by atoms with Crippen molar-refractivity contribution in [1.29, 1.82) is 0 Å². The Bertz CT molecular complexity index is 1130. The predicted molar refractivity (Wildman–Crippen MR) is 124 cm³/mol. The molecular formula is C25H31N5O2. The van der Waals surface area contributed by atoms with Crippen LogP contribution >= 0.6 is 0 Å². The SMILES string of the molecule is COc1ccc(C(CNC(=O)c2cc(C3CC3)nc3c2c(C)nn3C)N2CCCC2)cc1. The van der Waals surface area contributed by atoms with Crippen molar-refractivity contribution in [1.82, 2.24) is 25.0 Å². The predicted octanol–water partition coefficient (Wildman–Crippen LogP) is 3.73. The van der Waals surface area contributed by atoms with Crippen LogP contribution in [0.5, 0.6) is 5.75 Å². The lowest BCUT2D eigenvalue weighted by molar-refractivity contribution is 0.0939. The summed E-state index contributed by atoms with van der Waals surface area (Å²) in [7, 11) is 3.58. The van der Waals surface area contributed by atoms with Crippen molar-refractivity contribution in [3.63, 3.8) is 0 Å². The maximum atomic E-state index is 13.5. The molecule has 5 rings (SSSR count). The van der Waals surface area contributed by atoms with Crippen molar-refractivity contribution in [3.05, 3.63) is 52.8 Å². The maximum absolute atomic E-state index is 13.5. The smallest absolute Gasteiger partial charge is 0.252 e. The molecule has 7 heteroatoms. The Hall–Kier alpha value is -2.93. The Morgan fingerprint density at radius 1 is 1.22 bits per heavy atom. The first kappa shape index (κ1) is 20.9. The summed E-state index contributed by atoms with van der Waals surface area (Å²) in [6, 6.07) is 10.3. The molecule has 1 aliphatic heterocycles. The van der Waals surface area contributed by atoms with Crippen molar-refractivity contribution in [3.8, 4) is 5.75 Å². The average molecular weight is 434 g/mol. The molecule has 1 aliphatic carbocycles. The molecule has 1 aromatic carbocycles. The zero-order valence-electron chi connectivity index (χ0n) is 19.1. The highest BCUT2D eigenvalue weighted by Gasteiger charge is 2.29. The minimum atomic E-state index is -0.0480. The molecule has 1 saturated heterocycles. The topological polar surface area (TPSA) is 72.3 Å². The number of carbonyl (C=O) groups excluding carboxylic acids is 1. The van der Waals surface area contributed by atoms with Gasteiger partial charge in [0.05, 0.1) is 29.8 Å². The fraction of sp³-hybridized carbons (Fsp3) is 0.480. The first-order chi connectivity index (χ1) is 15.5. The highest BCUT2D eigenvalue weighted by atomic mass is 16.5. The molecule has 2 aliphatic rings. The van der Waals surface area contributed by atoms with Gasteiger partial charge in [0.25, 0.3) is 5.91 Å². The molecule has 1 unspecified atom stereocenters. The third-order valence-corrected chi connectivity index (χ3v) is 6.77. The van der Waals surface area contributed by atoms with E-state index in [1.807, 2.05) is 32.2 Å². The van der Waals surface area contributed by atoms with Gasteiger partial charge in [0, 0.05) is 25.2 Å². The summed E-state index contributed by atoms with van der Waals surface area (Å²) in [6.07, 6.45) is 4.69. The van der Waals surface area contributed by atoms with Gasteiger partial charge in [0.15, 0.2) is 5.65 Å². The summed E-state index contributed by atoms with van der Waals surface area (Å²) in [5, 5.41) is 8.63. The third-order valence-electron chi connectivity index (χ3n) is 6.77. The highest BCUT2D eigenvalue weighted by Crippen LogP contribution is 2.40. The van der Waals surface area contributed by atoms with Gasteiger partial charge in [0.1, 0.15) is 5.75 Å². The number of fused-ring (bicyclic) bond motifs is 1. The number of aryl methyl sites for hydroxylation is 2. The van der Waals surface area contributed by atoms with E-state index >= 15 is 0 Å². The number of nitrogens with one attached hydrogen (secondary N) is 1. The van der Waals surface area contributed by atoms with Crippen molar-refractivity contribution in [2.45, 2.75) is 44.6 Å². The Morgan fingerprint density at radius 2 is 1.94 bits per heavy atom. The van der Waals surface area contributed by atoms with E-state index in [0.717, 1.165) is 54.1 Å². The van der Waals surface area contributed by atoms with E-state index in [2.05, 4.69) is 27.4 Å². The van der Waals surface area contributed by atoms with Gasteiger partial charge >= 0.3 is 0 Å². The average Bonchev–Trinajstić information content (AvgIpc) is 3.45. The van der Waals surface area contributed by atoms with E-state index in [-0.39, 0.29) is 11.9 Å². The fourth-order valence-corrected chi connectivity index (χ4v) is 4.85. The van der Waals surface area contributed by atoms with Crippen LogP contribution in [0.4, 0.5) is 0 Å². The first-order valence-electron chi connectivity index (χ1n) is 11.6. The van der Waals surface area contributed by atoms with Crippen LogP contribution < -0.4 is 10.1 Å². The van der Waals surface area contributed by atoms with Crippen LogP contribution in [0.3, 0.4) is 0 Å². The Kier molecular flexibility index (Phi) is 5.59. The van der Waals surface area contributed by atoms with E-state index in [0.29, 0.717) is 18.0 Å². The molecule has 1 amide bonds. The monoisotopic (exact) mass is 433 g/mol. The van der Waals surface area contributed by atoms with E-state index in [1.165, 1.54) is 18.4 Å². The maximum Gasteiger partial charge on any atom is 0.252 e. The minimum Gasteiger partial charge on any atom is -0.497 e. The van der Waals surface area contributed by atoms with Crippen LogP contribution in [0, 0.1) is 6.92 Å². The second-order valence-corrected chi connectivity index (χ2v) is 9.02. The Balaban J connectivity index is 1.42. The van der Waals surface area contributed by atoms with Crippen LogP contribution in [0.25, 0.3) is 11.0 Å².